The molecule has 8 nitrogen and oxygen atoms in total. The van der Waals surface area contributed by atoms with E-state index in [4.69, 9.17) is 4.42 Å². The fraction of sp³-hybridized carbons (Fsp3) is 0.250. The van der Waals surface area contributed by atoms with Gasteiger partial charge < -0.3 is 9.73 Å². The highest BCUT2D eigenvalue weighted by atomic mass is 32.2. The summed E-state index contributed by atoms with van der Waals surface area (Å²) in [5.74, 6) is 0.646. The van der Waals surface area contributed by atoms with Crippen LogP contribution in [0, 0.1) is 20.8 Å². The summed E-state index contributed by atoms with van der Waals surface area (Å²) in [6.45, 7) is 5.89. The molecular formula is C24H25N5O3S. The third-order valence-electron chi connectivity index (χ3n) is 5.53. The topological polar surface area (TPSA) is 95.0 Å². The summed E-state index contributed by atoms with van der Waals surface area (Å²) >= 11 is 1.31. The number of benzene rings is 2. The molecule has 2 aromatic heterocycles. The summed E-state index contributed by atoms with van der Waals surface area (Å²) in [5.41, 5.74) is 4.65. The second-order valence-corrected chi connectivity index (χ2v) is 8.80. The second kappa shape index (κ2) is 9.50. The lowest BCUT2D eigenvalue weighted by molar-refractivity contribution is -0.115. The number of para-hydroxylation sites is 1. The normalized spacial score (nSPS) is 11.0. The van der Waals surface area contributed by atoms with Crippen molar-refractivity contribution in [1.82, 2.24) is 19.6 Å². The predicted molar refractivity (Wildman–Crippen MR) is 129 cm³/mol. The number of rotatable bonds is 7. The summed E-state index contributed by atoms with van der Waals surface area (Å²) in [7, 11) is 1.79. The lowest BCUT2D eigenvalue weighted by atomic mass is 10.1. The highest BCUT2D eigenvalue weighted by Crippen LogP contribution is 2.25. The Morgan fingerprint density at radius 3 is 2.55 bits per heavy atom. The molecule has 0 fully saturated rings. The Balaban J connectivity index is 1.38. The molecule has 0 atom stereocenters. The molecule has 0 saturated heterocycles. The first-order valence-corrected chi connectivity index (χ1v) is 11.5. The molecule has 4 rings (SSSR count). The van der Waals surface area contributed by atoms with Crippen LogP contribution in [0.25, 0.3) is 17.1 Å². The van der Waals surface area contributed by atoms with Gasteiger partial charge in [-0.15, -0.1) is 10.2 Å². The third-order valence-corrected chi connectivity index (χ3v) is 6.35. The molecule has 0 aliphatic carbocycles. The maximum Gasteiger partial charge on any atom is 0.295 e. The largest absolute Gasteiger partial charge is 0.411 e. The molecule has 0 aliphatic rings. The number of nitrogens with one attached hydrogen (secondary N) is 1. The van der Waals surface area contributed by atoms with Crippen LogP contribution in [0.15, 0.2) is 63.0 Å². The molecule has 0 unspecified atom stereocenters. The number of thioether (sulfide) groups is 1. The van der Waals surface area contributed by atoms with E-state index in [0.29, 0.717) is 22.6 Å². The van der Waals surface area contributed by atoms with E-state index in [-0.39, 0.29) is 23.6 Å². The van der Waals surface area contributed by atoms with Crippen molar-refractivity contribution < 1.29 is 9.21 Å². The quantitative estimate of drug-likeness (QED) is 0.411. The van der Waals surface area contributed by atoms with Crippen LogP contribution < -0.4 is 10.9 Å². The van der Waals surface area contributed by atoms with Gasteiger partial charge in [0.1, 0.15) is 5.69 Å². The number of amides is 1. The molecule has 0 bridgehead atoms. The van der Waals surface area contributed by atoms with Gasteiger partial charge >= 0.3 is 0 Å². The highest BCUT2D eigenvalue weighted by Gasteiger charge is 2.18. The Labute approximate surface area is 195 Å². The summed E-state index contributed by atoms with van der Waals surface area (Å²) in [6.07, 6.45) is 0.200. The molecule has 0 spiro atoms. The number of nitrogens with zero attached hydrogens (tertiary/aromatic N) is 4. The zero-order valence-corrected chi connectivity index (χ0v) is 19.8. The number of aryl methyl sites for hydroxylation is 2. The van der Waals surface area contributed by atoms with Crippen LogP contribution in [0.4, 0.5) is 5.69 Å². The molecule has 0 saturated carbocycles. The molecule has 0 radical (unpaired) electrons. The van der Waals surface area contributed by atoms with Crippen LogP contribution in [0.3, 0.4) is 0 Å². The zero-order chi connectivity index (χ0) is 23.5. The van der Waals surface area contributed by atoms with Gasteiger partial charge in [0.15, 0.2) is 0 Å². The van der Waals surface area contributed by atoms with Crippen molar-refractivity contribution in [1.29, 1.82) is 0 Å². The highest BCUT2D eigenvalue weighted by molar-refractivity contribution is 7.99. The van der Waals surface area contributed by atoms with Gasteiger partial charge in [0, 0.05) is 24.8 Å². The minimum Gasteiger partial charge on any atom is -0.411 e. The van der Waals surface area contributed by atoms with Crippen LogP contribution in [-0.2, 0) is 11.8 Å². The smallest absolute Gasteiger partial charge is 0.295 e. The molecule has 170 valence electrons. The van der Waals surface area contributed by atoms with E-state index >= 15 is 0 Å². The zero-order valence-electron chi connectivity index (χ0n) is 19.0. The maximum atomic E-state index is 12.9. The molecule has 9 heteroatoms. The molecule has 0 aliphatic heterocycles. The first kappa shape index (κ1) is 22.6. The van der Waals surface area contributed by atoms with Gasteiger partial charge in [-0.3, -0.25) is 14.3 Å². The lowest BCUT2D eigenvalue weighted by Crippen LogP contribution is -2.23. The summed E-state index contributed by atoms with van der Waals surface area (Å²) < 4.78 is 8.99. The van der Waals surface area contributed by atoms with E-state index in [1.807, 2.05) is 62.4 Å². The number of carbonyl (C=O) groups excluding carboxylic acids is 1. The van der Waals surface area contributed by atoms with E-state index < -0.39 is 0 Å². The summed E-state index contributed by atoms with van der Waals surface area (Å²) in [6, 6.07) is 15.3. The van der Waals surface area contributed by atoms with Gasteiger partial charge in [-0.25, -0.2) is 4.68 Å². The number of carbonyl (C=O) groups is 1. The Hall–Kier alpha value is -3.59. The van der Waals surface area contributed by atoms with Crippen LogP contribution >= 0.6 is 11.8 Å². The molecule has 1 amide bonds. The number of hydrogen-bond acceptors (Lipinski definition) is 6. The SMILES string of the molecule is Cc1ccc(-c2nnc(SCCC(=O)Nc3c(C)n(C)n(-c4ccccc4)c3=O)o2)cc1C. The minimum absolute atomic E-state index is 0.200. The average molecular weight is 464 g/mol. The van der Waals surface area contributed by atoms with Crippen molar-refractivity contribution in [3.63, 3.8) is 0 Å². The number of anilines is 1. The summed E-state index contributed by atoms with van der Waals surface area (Å²) in [4.78, 5) is 25.4. The van der Waals surface area contributed by atoms with Crippen LogP contribution in [0.5, 0.6) is 0 Å². The van der Waals surface area contributed by atoms with Gasteiger partial charge in [0.05, 0.1) is 11.4 Å². The van der Waals surface area contributed by atoms with Gasteiger partial charge in [-0.05, 0) is 56.2 Å². The first-order valence-electron chi connectivity index (χ1n) is 10.5. The Kier molecular flexibility index (Phi) is 6.50. The fourth-order valence-electron chi connectivity index (χ4n) is 3.40. The molecule has 2 aromatic carbocycles. The van der Waals surface area contributed by atoms with Crippen molar-refractivity contribution in [3.8, 4) is 17.1 Å². The molecular weight excluding hydrogens is 438 g/mol. The Morgan fingerprint density at radius 2 is 1.82 bits per heavy atom. The van der Waals surface area contributed by atoms with Gasteiger partial charge in [0.2, 0.25) is 11.8 Å². The van der Waals surface area contributed by atoms with E-state index in [1.165, 1.54) is 22.0 Å². The number of hydrogen-bond donors (Lipinski definition) is 1. The maximum absolute atomic E-state index is 12.9. The van der Waals surface area contributed by atoms with Crippen LogP contribution in [-0.4, -0.2) is 31.2 Å². The molecule has 33 heavy (non-hydrogen) atoms. The average Bonchev–Trinajstić information content (AvgIpc) is 3.35. The van der Waals surface area contributed by atoms with Crippen molar-refractivity contribution >= 4 is 23.4 Å². The lowest BCUT2D eigenvalue weighted by Gasteiger charge is -2.07. The number of aromatic nitrogens is 4. The predicted octanol–water partition coefficient (Wildman–Crippen LogP) is 4.27. The summed E-state index contributed by atoms with van der Waals surface area (Å²) in [5, 5.41) is 11.3. The van der Waals surface area contributed by atoms with E-state index in [2.05, 4.69) is 15.5 Å². The molecule has 1 N–H and O–H groups in total. The second-order valence-electron chi connectivity index (χ2n) is 7.76. The van der Waals surface area contributed by atoms with Gasteiger partial charge in [-0.1, -0.05) is 36.0 Å². The van der Waals surface area contributed by atoms with E-state index in [1.54, 1.807) is 18.7 Å². The van der Waals surface area contributed by atoms with Gasteiger partial charge in [-0.2, -0.15) is 0 Å². The van der Waals surface area contributed by atoms with E-state index in [9.17, 15) is 9.59 Å². The third kappa shape index (κ3) is 4.78. The van der Waals surface area contributed by atoms with Crippen molar-refractivity contribution in [2.75, 3.05) is 11.1 Å². The van der Waals surface area contributed by atoms with Crippen LogP contribution in [0.2, 0.25) is 0 Å². The minimum atomic E-state index is -0.267. The Bertz CT molecular complexity index is 1350. The standard InChI is InChI=1S/C24H25N5O3S/c1-15-10-11-18(14-16(15)2)22-26-27-24(32-22)33-13-12-20(30)25-21-17(3)28(4)29(23(21)31)19-8-6-5-7-9-19/h5-11,14H,12-13H2,1-4H3,(H,25,30). The van der Waals surface area contributed by atoms with Gasteiger partial charge in [0.25, 0.3) is 10.8 Å². The first-order chi connectivity index (χ1) is 15.8. The monoisotopic (exact) mass is 463 g/mol. The molecule has 2 heterocycles. The van der Waals surface area contributed by atoms with Crippen molar-refractivity contribution in [2.45, 2.75) is 32.4 Å². The Morgan fingerprint density at radius 1 is 1.06 bits per heavy atom. The van der Waals surface area contributed by atoms with Crippen molar-refractivity contribution in [3.05, 3.63) is 75.7 Å². The van der Waals surface area contributed by atoms with Crippen LogP contribution in [0.1, 0.15) is 23.2 Å². The molecule has 4 aromatic rings. The fourth-order valence-corrected chi connectivity index (χ4v) is 4.10. The van der Waals surface area contributed by atoms with E-state index in [0.717, 1.165) is 16.8 Å². The van der Waals surface area contributed by atoms with Crippen molar-refractivity contribution in [2.24, 2.45) is 7.05 Å².